The average Bonchev–Trinajstić information content (AvgIpc) is 0.936. The lowest BCUT2D eigenvalue weighted by molar-refractivity contribution is -0.151. The van der Waals surface area contributed by atoms with Crippen molar-refractivity contribution in [2.24, 2.45) is 34.4 Å². The summed E-state index contributed by atoms with van der Waals surface area (Å²) in [6, 6.07) is 66.4. The van der Waals surface area contributed by atoms with Crippen LogP contribution in [0, 0.1) is 0 Å². The fourth-order valence-electron chi connectivity index (χ4n) is 17.0. The van der Waals surface area contributed by atoms with Crippen LogP contribution in [-0.2, 0) is 105 Å². The molecule has 37 nitrogen and oxygen atoms in total. The van der Waals surface area contributed by atoms with E-state index in [0.29, 0.717) is 88.7 Å². The minimum Gasteiger partial charge on any atom is -0.368 e. The zero-order valence-corrected chi connectivity index (χ0v) is 84.8. The topological polar surface area (TPSA) is 504 Å². The molecular formula is C110H144N22O15. The molecule has 0 aliphatic heterocycles. The van der Waals surface area contributed by atoms with E-state index < -0.39 is 210 Å². The van der Waals surface area contributed by atoms with Gasteiger partial charge in [0.15, 0.2) is 0 Å². The van der Waals surface area contributed by atoms with Crippen LogP contribution in [0.1, 0.15) is 153 Å². The Balaban J connectivity index is 1.01. The van der Waals surface area contributed by atoms with Gasteiger partial charge in [-0.2, -0.15) is 0 Å². The number of primary amides is 1. The molecule has 15 amide bonds. The Kier molecular flexibility index (Phi) is 48.5. The summed E-state index contributed by atoms with van der Waals surface area (Å²) >= 11 is 0. The zero-order chi connectivity index (χ0) is 106. The molecule has 9 rings (SSSR count). The smallest absolute Gasteiger partial charge is 0.246 e. The Morgan fingerprint density at radius 3 is 0.816 bits per heavy atom. The summed E-state index contributed by atoms with van der Waals surface area (Å²) in [6.07, 6.45) is 5.75. The van der Waals surface area contributed by atoms with Gasteiger partial charge in [0.1, 0.15) is 51.9 Å². The van der Waals surface area contributed by atoms with Crippen molar-refractivity contribution in [3.05, 3.63) is 305 Å². The molecule has 0 spiro atoms. The van der Waals surface area contributed by atoms with Crippen LogP contribution in [0.3, 0.4) is 0 Å². The Hall–Kier alpha value is -15.2. The summed E-state index contributed by atoms with van der Waals surface area (Å²) in [6.45, 7) is -0.856. The van der Waals surface area contributed by atoms with E-state index >= 15 is 47.9 Å². The molecule has 0 bridgehead atoms. The number of benzene rings is 8. The highest BCUT2D eigenvalue weighted by Crippen LogP contribution is 2.29. The molecule has 37 heteroatoms. The molecule has 1 aromatic heterocycles. The number of aromatic amines is 1. The number of H-pyrrole nitrogens is 1. The number of aromatic nitrogens is 2. The van der Waals surface area contributed by atoms with E-state index in [1.807, 2.05) is 6.07 Å². The number of imidazole rings is 1. The van der Waals surface area contributed by atoms with E-state index in [1.165, 1.54) is 65.1 Å². The number of rotatable bonds is 63. The number of nitrogens with two attached hydrogens (primary N) is 6. The fraction of sp³-hybridized carbons (Fsp3) is 0.400. The van der Waals surface area contributed by atoms with E-state index in [2.05, 4.69) is 20.6 Å². The van der Waals surface area contributed by atoms with Gasteiger partial charge in [-0.1, -0.05) is 243 Å². The Bertz CT molecular complexity index is 5600. The molecule has 0 unspecified atom stereocenters. The number of carbonyl (C=O) groups excluding carboxylic acids is 15. The number of unbranched alkanes of at least 4 members (excludes halogenated alkanes) is 4. The van der Waals surface area contributed by atoms with Crippen LogP contribution in [0.4, 0.5) is 0 Å². The van der Waals surface area contributed by atoms with Crippen LogP contribution >= 0.6 is 0 Å². The van der Waals surface area contributed by atoms with Gasteiger partial charge in [-0.15, -0.1) is 0 Å². The molecule has 0 aliphatic rings. The van der Waals surface area contributed by atoms with Crippen LogP contribution in [0.15, 0.2) is 255 Å². The predicted molar refractivity (Wildman–Crippen MR) is 559 cm³/mol. The van der Waals surface area contributed by atoms with Crippen molar-refractivity contribution in [2.45, 2.75) is 142 Å². The molecule has 1 heterocycles. The normalized spacial score (nSPS) is 12.0. The van der Waals surface area contributed by atoms with Crippen molar-refractivity contribution in [3.63, 3.8) is 0 Å². The lowest BCUT2D eigenvalue weighted by Gasteiger charge is -2.37. The van der Waals surface area contributed by atoms with Gasteiger partial charge in [0.05, 0.1) is 82.0 Å². The second-order valence-corrected chi connectivity index (χ2v) is 36.4. The highest BCUT2D eigenvalue weighted by molar-refractivity contribution is 5.97. The zero-order valence-electron chi connectivity index (χ0n) is 84.8. The van der Waals surface area contributed by atoms with Gasteiger partial charge in [-0.05, 0) is 150 Å². The fourth-order valence-corrected chi connectivity index (χ4v) is 17.0. The Morgan fingerprint density at radius 2 is 0.537 bits per heavy atom. The lowest BCUT2D eigenvalue weighted by Crippen LogP contribution is -2.55. The second kappa shape index (κ2) is 61.8. The molecular weight excluding hydrogens is 1870 g/mol. The van der Waals surface area contributed by atoms with Crippen molar-refractivity contribution in [3.8, 4) is 0 Å². The maximum atomic E-state index is 16.2. The molecule has 9 aromatic rings. The predicted octanol–water partition coefficient (Wildman–Crippen LogP) is 5.74. The molecule has 15 N–H and O–H groups in total. The number of hydrogen-bond donors (Lipinski definition) is 9. The Labute approximate surface area is 861 Å². The van der Waals surface area contributed by atoms with Crippen LogP contribution < -0.4 is 45.0 Å². The van der Waals surface area contributed by atoms with Gasteiger partial charge in [0.25, 0.3) is 0 Å². The number of hydrogen-bond acceptors (Lipinski definition) is 21. The van der Waals surface area contributed by atoms with Crippen LogP contribution in [0.2, 0.25) is 0 Å². The van der Waals surface area contributed by atoms with Crippen molar-refractivity contribution in [2.75, 3.05) is 144 Å². The average molecular weight is 2010 g/mol. The summed E-state index contributed by atoms with van der Waals surface area (Å²) in [7, 11) is 0. The van der Waals surface area contributed by atoms with Crippen molar-refractivity contribution >= 4 is 88.6 Å². The summed E-state index contributed by atoms with van der Waals surface area (Å²) in [5.74, 6) is -10.2. The van der Waals surface area contributed by atoms with Gasteiger partial charge in [-0.25, -0.2) is 4.98 Å². The van der Waals surface area contributed by atoms with E-state index in [9.17, 15) is 24.0 Å². The first-order valence-corrected chi connectivity index (χ1v) is 50.1. The molecule has 0 saturated heterocycles. The molecule has 8 aromatic carbocycles. The number of nitrogens with one attached hydrogen (secondary N) is 3. The van der Waals surface area contributed by atoms with Crippen LogP contribution in [-0.4, -0.2) is 307 Å². The first kappa shape index (κ1) is 115. The van der Waals surface area contributed by atoms with Crippen molar-refractivity contribution < 1.29 is 71.9 Å². The summed E-state index contributed by atoms with van der Waals surface area (Å²) in [5.41, 5.74) is 40.9. The SMILES string of the molecule is C[C@@H](c1ccccc1)N(CC(=O)N(CCCCN)CC(=O)N(CC(=O)N(CC(=O)N(CCCCN)CC(=O)N(CC(=O)N(CC(N)=O)Cc1ccccc1)Cc1ccccc1)[C@@H](C)c1ccccc1)[C@@H](C)c1ccccc1)C(=O)CN(C(=O)CN(CCCCN)C(=O)CN(Cc1ccccc1)C(=O)CN(Cc1ccccc1)C(=O)CN(CCCCN)C(=O)[C@H](Cc1c[nH]cn1)NC(=O)CNC(=O)CN)[C@@H](C)c1ccccc1. The molecule has 5 atom stereocenters. The molecule has 0 saturated carbocycles. The highest BCUT2D eigenvalue weighted by Gasteiger charge is 2.39. The molecule has 784 valence electrons. The monoisotopic (exact) mass is 2010 g/mol. The van der Waals surface area contributed by atoms with E-state index in [4.69, 9.17) is 34.4 Å². The third-order valence-corrected chi connectivity index (χ3v) is 25.5. The minimum atomic E-state index is -1.31. The summed E-state index contributed by atoms with van der Waals surface area (Å²) < 4.78 is 0. The Morgan fingerprint density at radius 1 is 0.293 bits per heavy atom. The van der Waals surface area contributed by atoms with Gasteiger partial charge >= 0.3 is 0 Å². The van der Waals surface area contributed by atoms with Gasteiger partial charge < -0.3 is 109 Å². The van der Waals surface area contributed by atoms with Crippen LogP contribution in [0.25, 0.3) is 0 Å². The number of carbonyl (C=O) groups is 15. The maximum Gasteiger partial charge on any atom is 0.246 e. The molecule has 0 fully saturated rings. The maximum absolute atomic E-state index is 16.2. The van der Waals surface area contributed by atoms with Gasteiger partial charge in [0, 0.05) is 65.0 Å². The summed E-state index contributed by atoms with van der Waals surface area (Å²) in [4.78, 5) is 248. The second-order valence-electron chi connectivity index (χ2n) is 36.4. The quantitative estimate of drug-likeness (QED) is 0.0205. The van der Waals surface area contributed by atoms with Crippen molar-refractivity contribution in [1.82, 2.24) is 79.4 Å². The first-order valence-electron chi connectivity index (χ1n) is 50.1. The highest BCUT2D eigenvalue weighted by atomic mass is 16.2. The standard InChI is InChI=1S/C110H144N22O15/c1-82(90-45-21-9-22-46-90)129(77-104(141)121(57-33-29-53-111)70-100(137)127(67-88-41-17-7-18-42-88)73-102(139)125(69-96(116)133)65-86-37-13-5-14-38-86)108(145)80-132(85(4)93-51-27-12-28-52-93)107(144)76-123(59-35-31-55-113)105(142)78-130(83(2)91-47-23-10-24-48-91)109(146)79-131(84(3)92-49-25-11-26-50-92)106(143)75-122(58-34-30-54-112)99(136)72-126(66-87-39-15-6-16-40-87)103(140)74-128(68-89-43-19-8-20-44-89)101(138)71-124(60-36-32-56-114)110(147)95(61-94-63-117-81-119-94)120-98(135)64-118-97(134)62-115/h5-28,37-52,63,81-85,95H,29-36,53-62,64-80,111-115H2,1-4H3,(H2,116,133)(H,117,119)(H,118,134)(H,120,135)/t82-,83-,84-,85-,95-/m0/s1. The first-order chi connectivity index (χ1) is 71.0. The van der Waals surface area contributed by atoms with Gasteiger partial charge in [0.2, 0.25) is 88.6 Å². The number of amides is 15. The van der Waals surface area contributed by atoms with Crippen LogP contribution in [0.5, 0.6) is 0 Å². The van der Waals surface area contributed by atoms with E-state index in [1.54, 1.807) is 270 Å². The third kappa shape index (κ3) is 38.1. The third-order valence-electron chi connectivity index (χ3n) is 25.5. The summed E-state index contributed by atoms with van der Waals surface area (Å²) in [5, 5.41) is 5.09. The molecule has 147 heavy (non-hydrogen) atoms. The van der Waals surface area contributed by atoms with E-state index in [0.717, 1.165) is 0 Å². The minimum absolute atomic E-state index is 0.00194. The molecule has 0 aliphatic carbocycles. The van der Waals surface area contributed by atoms with Crippen molar-refractivity contribution in [1.29, 1.82) is 0 Å². The van der Waals surface area contributed by atoms with E-state index in [-0.39, 0.29) is 97.8 Å². The largest absolute Gasteiger partial charge is 0.368 e. The number of nitrogens with zero attached hydrogens (tertiary/aromatic N) is 13. The lowest BCUT2D eigenvalue weighted by atomic mass is 10.0. The van der Waals surface area contributed by atoms with Gasteiger partial charge in [-0.3, -0.25) is 71.9 Å². The molecule has 0 radical (unpaired) electrons.